The molecule has 1 aromatic carbocycles. The van der Waals surface area contributed by atoms with Crippen molar-refractivity contribution in [1.29, 1.82) is 0 Å². The molecule has 3 rings (SSSR count). The maximum atomic E-state index is 12.8. The second-order valence-corrected chi connectivity index (χ2v) is 8.46. The van der Waals surface area contributed by atoms with E-state index in [2.05, 4.69) is 23.2 Å². The zero-order valence-electron chi connectivity index (χ0n) is 18.1. The van der Waals surface area contributed by atoms with Gasteiger partial charge in [-0.05, 0) is 57.6 Å². The fraction of sp³-hybridized carbons (Fsp3) is 0.652. The highest BCUT2D eigenvalue weighted by Crippen LogP contribution is 2.26. The molecule has 29 heavy (non-hydrogen) atoms. The van der Waals surface area contributed by atoms with Crippen LogP contribution in [-0.4, -0.2) is 53.5 Å². The van der Waals surface area contributed by atoms with Crippen LogP contribution in [0.5, 0.6) is 5.75 Å². The van der Waals surface area contributed by atoms with Crippen LogP contribution in [0.15, 0.2) is 18.2 Å². The highest BCUT2D eigenvalue weighted by Gasteiger charge is 2.25. The van der Waals surface area contributed by atoms with Crippen LogP contribution in [0.2, 0.25) is 0 Å². The molecular formula is C23H35N3O3. The zero-order chi connectivity index (χ0) is 20.8. The van der Waals surface area contributed by atoms with Crippen molar-refractivity contribution in [3.05, 3.63) is 29.3 Å². The van der Waals surface area contributed by atoms with Crippen LogP contribution in [0.1, 0.15) is 64.0 Å². The molecule has 1 aromatic rings. The summed E-state index contributed by atoms with van der Waals surface area (Å²) in [5.74, 6) is 1.10. The highest BCUT2D eigenvalue weighted by molar-refractivity contribution is 5.77. The van der Waals surface area contributed by atoms with E-state index in [0.717, 1.165) is 49.1 Å². The van der Waals surface area contributed by atoms with Crippen molar-refractivity contribution >= 4 is 11.9 Å². The average molecular weight is 402 g/mol. The molecule has 6 nitrogen and oxygen atoms in total. The van der Waals surface area contributed by atoms with Gasteiger partial charge in [0.1, 0.15) is 12.4 Å². The second-order valence-electron chi connectivity index (χ2n) is 8.46. The number of hydrogen-bond donors (Lipinski definition) is 1. The standard InChI is InChI=1S/C23H35N3O3/c1-4-20-7-5-6-12-26(20)22(27)11-9-18-8-10-21-19(15-18)16-25(13-14-29-21)23(28)24-17(2)3/h8,10,15,17,20H,4-7,9,11-14,16H2,1-3H3,(H,24,28). The smallest absolute Gasteiger partial charge is 0.318 e. The summed E-state index contributed by atoms with van der Waals surface area (Å²) < 4.78 is 5.84. The fourth-order valence-electron chi connectivity index (χ4n) is 4.26. The van der Waals surface area contributed by atoms with Gasteiger partial charge in [-0.3, -0.25) is 4.79 Å². The molecule has 3 amide bonds. The van der Waals surface area contributed by atoms with E-state index >= 15 is 0 Å². The minimum Gasteiger partial charge on any atom is -0.491 e. The molecule has 1 unspecified atom stereocenters. The third-order valence-electron chi connectivity index (χ3n) is 5.85. The number of piperidine rings is 1. The Morgan fingerprint density at radius 3 is 2.83 bits per heavy atom. The van der Waals surface area contributed by atoms with Crippen LogP contribution in [-0.2, 0) is 17.8 Å². The number of benzene rings is 1. The summed E-state index contributed by atoms with van der Waals surface area (Å²) >= 11 is 0. The number of amides is 3. The van der Waals surface area contributed by atoms with Gasteiger partial charge in [0.15, 0.2) is 0 Å². The van der Waals surface area contributed by atoms with Gasteiger partial charge in [-0.2, -0.15) is 0 Å². The Morgan fingerprint density at radius 2 is 2.07 bits per heavy atom. The van der Waals surface area contributed by atoms with Crippen molar-refractivity contribution < 1.29 is 14.3 Å². The Hall–Kier alpha value is -2.24. The Balaban J connectivity index is 1.63. The predicted octanol–water partition coefficient (Wildman–Crippen LogP) is 3.72. The molecule has 160 valence electrons. The van der Waals surface area contributed by atoms with Crippen molar-refractivity contribution in [1.82, 2.24) is 15.1 Å². The summed E-state index contributed by atoms with van der Waals surface area (Å²) in [4.78, 5) is 29.1. The summed E-state index contributed by atoms with van der Waals surface area (Å²) in [5.41, 5.74) is 2.13. The van der Waals surface area contributed by atoms with Gasteiger partial charge >= 0.3 is 6.03 Å². The molecule has 1 atom stereocenters. The maximum absolute atomic E-state index is 12.8. The fourth-order valence-corrected chi connectivity index (χ4v) is 4.26. The van der Waals surface area contributed by atoms with Gasteiger partial charge in [-0.15, -0.1) is 0 Å². The molecule has 0 aliphatic carbocycles. The Bertz CT molecular complexity index is 719. The molecule has 0 radical (unpaired) electrons. The zero-order valence-corrected chi connectivity index (χ0v) is 18.1. The number of nitrogens with one attached hydrogen (secondary N) is 1. The van der Waals surface area contributed by atoms with E-state index in [0.29, 0.717) is 32.2 Å². The Morgan fingerprint density at radius 1 is 1.24 bits per heavy atom. The lowest BCUT2D eigenvalue weighted by Gasteiger charge is -2.35. The molecule has 1 saturated heterocycles. The van der Waals surface area contributed by atoms with Gasteiger partial charge in [0, 0.05) is 30.6 Å². The first-order valence-electron chi connectivity index (χ1n) is 11.1. The van der Waals surface area contributed by atoms with Crippen molar-refractivity contribution in [2.75, 3.05) is 19.7 Å². The lowest BCUT2D eigenvalue weighted by Crippen LogP contribution is -2.43. The highest BCUT2D eigenvalue weighted by atomic mass is 16.5. The summed E-state index contributed by atoms with van der Waals surface area (Å²) in [6.07, 6.45) is 5.77. The number of rotatable bonds is 5. The first-order valence-corrected chi connectivity index (χ1v) is 11.1. The molecule has 2 heterocycles. The number of nitrogens with zero attached hydrogens (tertiary/aromatic N) is 2. The molecule has 0 saturated carbocycles. The van der Waals surface area contributed by atoms with Crippen molar-refractivity contribution in [3.8, 4) is 5.75 Å². The van der Waals surface area contributed by atoms with Gasteiger partial charge in [-0.1, -0.05) is 19.1 Å². The molecule has 1 N–H and O–H groups in total. The molecule has 2 aliphatic heterocycles. The predicted molar refractivity (Wildman–Crippen MR) is 114 cm³/mol. The van der Waals surface area contributed by atoms with Crippen LogP contribution in [0.25, 0.3) is 0 Å². The third-order valence-corrected chi connectivity index (χ3v) is 5.85. The van der Waals surface area contributed by atoms with E-state index in [1.165, 1.54) is 6.42 Å². The van der Waals surface area contributed by atoms with Crippen LogP contribution >= 0.6 is 0 Å². The average Bonchev–Trinajstić information content (AvgIpc) is 2.93. The molecule has 2 aliphatic rings. The first kappa shape index (κ1) is 21.5. The van der Waals surface area contributed by atoms with Gasteiger partial charge < -0.3 is 19.9 Å². The Kier molecular flexibility index (Phi) is 7.40. The van der Waals surface area contributed by atoms with Crippen molar-refractivity contribution in [3.63, 3.8) is 0 Å². The van der Waals surface area contributed by atoms with Crippen molar-refractivity contribution in [2.24, 2.45) is 0 Å². The van der Waals surface area contributed by atoms with Crippen LogP contribution < -0.4 is 10.1 Å². The molecule has 0 bridgehead atoms. The summed E-state index contributed by atoms with van der Waals surface area (Å²) in [5, 5.41) is 2.95. The number of likely N-dealkylation sites (tertiary alicyclic amines) is 1. The second kappa shape index (κ2) is 9.99. The minimum absolute atomic E-state index is 0.0623. The van der Waals surface area contributed by atoms with Crippen molar-refractivity contribution in [2.45, 2.75) is 77.9 Å². The normalized spacial score (nSPS) is 19.4. The number of carbonyl (C=O) groups is 2. The van der Waals surface area contributed by atoms with Crippen LogP contribution in [0.4, 0.5) is 4.79 Å². The number of urea groups is 1. The van der Waals surface area contributed by atoms with Gasteiger partial charge in [0.05, 0.1) is 13.1 Å². The maximum Gasteiger partial charge on any atom is 0.318 e. The van der Waals surface area contributed by atoms with Crippen LogP contribution in [0, 0.1) is 0 Å². The molecule has 6 heteroatoms. The number of aryl methyl sites for hydroxylation is 1. The topological polar surface area (TPSA) is 61.9 Å². The summed E-state index contributed by atoms with van der Waals surface area (Å²) in [6.45, 7) is 8.57. The lowest BCUT2D eigenvalue weighted by atomic mass is 9.98. The molecule has 0 spiro atoms. The number of fused-ring (bicyclic) bond motifs is 1. The SMILES string of the molecule is CCC1CCCCN1C(=O)CCc1ccc2c(c1)CN(C(=O)NC(C)C)CCO2. The molecule has 1 fully saturated rings. The van der Waals surface area contributed by atoms with E-state index in [-0.39, 0.29) is 18.0 Å². The van der Waals surface area contributed by atoms with E-state index in [4.69, 9.17) is 4.74 Å². The summed E-state index contributed by atoms with van der Waals surface area (Å²) in [7, 11) is 0. The third kappa shape index (κ3) is 5.64. The molecular weight excluding hydrogens is 366 g/mol. The summed E-state index contributed by atoms with van der Waals surface area (Å²) in [6, 6.07) is 6.57. The minimum atomic E-state index is -0.0623. The quantitative estimate of drug-likeness (QED) is 0.818. The largest absolute Gasteiger partial charge is 0.491 e. The first-order chi connectivity index (χ1) is 14.0. The van der Waals surface area contributed by atoms with E-state index in [1.807, 2.05) is 26.0 Å². The number of ether oxygens (including phenoxy) is 1. The van der Waals surface area contributed by atoms with Crippen LogP contribution in [0.3, 0.4) is 0 Å². The van der Waals surface area contributed by atoms with Gasteiger partial charge in [0.2, 0.25) is 5.91 Å². The van der Waals surface area contributed by atoms with Gasteiger partial charge in [0.25, 0.3) is 0 Å². The van der Waals surface area contributed by atoms with Gasteiger partial charge in [-0.25, -0.2) is 4.79 Å². The number of hydrogen-bond acceptors (Lipinski definition) is 3. The van der Waals surface area contributed by atoms with E-state index in [9.17, 15) is 9.59 Å². The lowest BCUT2D eigenvalue weighted by molar-refractivity contribution is -0.134. The monoisotopic (exact) mass is 401 g/mol. The molecule has 0 aromatic heterocycles. The Labute approximate surface area is 174 Å². The van der Waals surface area contributed by atoms with E-state index < -0.39 is 0 Å². The van der Waals surface area contributed by atoms with E-state index in [1.54, 1.807) is 4.90 Å². The number of carbonyl (C=O) groups excluding carboxylic acids is 2.